The Kier molecular flexibility index (Phi) is 23.4. The quantitative estimate of drug-likeness (QED) is 0.0312. The number of nitrogens with zero attached hydrogens (tertiary/aromatic N) is 1. The molecule has 0 saturated carbocycles. The monoisotopic (exact) mass is 1240 g/mol. The molecule has 0 saturated heterocycles. The molecule has 1 N–H and O–H groups in total. The van der Waals surface area contributed by atoms with E-state index in [2.05, 4.69) is 38.2 Å². The summed E-state index contributed by atoms with van der Waals surface area (Å²) < 4.78 is 103. The van der Waals surface area contributed by atoms with E-state index < -0.39 is 29.4 Å². The summed E-state index contributed by atoms with van der Waals surface area (Å²) >= 11 is 0. The largest absolute Gasteiger partial charge is 0.530 e. The fourth-order valence-electron chi connectivity index (χ4n) is 9.11. The van der Waals surface area contributed by atoms with E-state index in [-0.39, 0.29) is 86.1 Å². The summed E-state index contributed by atoms with van der Waals surface area (Å²) in [4.78, 5) is 17.3. The van der Waals surface area contributed by atoms with Crippen LogP contribution >= 0.6 is 23.5 Å². The molecule has 0 unspecified atom stereocenters. The van der Waals surface area contributed by atoms with Gasteiger partial charge in [0, 0.05) is 18.7 Å². The second kappa shape index (κ2) is 31.8. The number of hydrogen-bond donors (Lipinski definition) is 1. The number of rotatable bonds is 32. The number of amides is 1. The first-order valence-electron chi connectivity index (χ1n) is 29.0. The van der Waals surface area contributed by atoms with Crippen LogP contribution < -0.4 is 23.8 Å². The van der Waals surface area contributed by atoms with Crippen LogP contribution in [-0.4, -0.2) is 12.5 Å². The molecule has 8 aromatic rings. The molecule has 0 aromatic heterocycles. The Hall–Kier alpha value is -7.90. The maximum atomic E-state index is 15.8. The van der Waals surface area contributed by atoms with Crippen molar-refractivity contribution < 1.29 is 59.2 Å². The summed E-state index contributed by atoms with van der Waals surface area (Å²) in [6, 6.07) is 62.3. The molecule has 0 radical (unpaired) electrons. The van der Waals surface area contributed by atoms with Crippen LogP contribution in [0.5, 0.6) is 17.2 Å². The Labute approximate surface area is 516 Å². The lowest BCUT2D eigenvalue weighted by Crippen LogP contribution is -2.30. The minimum Gasteiger partial charge on any atom is -0.404 e. The lowest BCUT2D eigenvalue weighted by atomic mass is 10.1. The normalized spacial score (nSPS) is 12.8. The van der Waals surface area contributed by atoms with Crippen LogP contribution in [0.2, 0.25) is 0 Å². The van der Waals surface area contributed by atoms with E-state index in [1.807, 2.05) is 171 Å². The van der Waals surface area contributed by atoms with Gasteiger partial charge in [-0.2, -0.15) is 0 Å². The zero-order valence-corrected chi connectivity index (χ0v) is 52.5. The zero-order valence-electron chi connectivity index (χ0n) is 49.8. The lowest BCUT2D eigenvalue weighted by molar-refractivity contribution is 0.0990. The van der Waals surface area contributed by atoms with Crippen LogP contribution in [0.1, 0.15) is 97.1 Å². The number of carbonyl (C=O) groups is 1. The van der Waals surface area contributed by atoms with Crippen molar-refractivity contribution in [1.29, 1.82) is 0 Å². The summed E-state index contributed by atoms with van der Waals surface area (Å²) in [6.45, 7) is 7.20. The molecular weight excluding hydrogens is 1170 g/mol. The average Bonchev–Trinajstić information content (AvgIpc) is 1.70. The van der Waals surface area contributed by atoms with Gasteiger partial charge in [0.15, 0.2) is 11.5 Å². The smallest absolute Gasteiger partial charge is 0.404 e. The van der Waals surface area contributed by atoms with Gasteiger partial charge in [-0.25, -0.2) is 13.7 Å². The maximum Gasteiger partial charge on any atom is 0.530 e. The third-order valence-corrected chi connectivity index (χ3v) is 17.8. The molecule has 0 aliphatic carbocycles. The highest BCUT2D eigenvalue weighted by molar-refractivity contribution is 7.49. The Morgan fingerprint density at radius 2 is 0.773 bits per heavy atom. The molecule has 9 rings (SSSR count). The van der Waals surface area contributed by atoms with Gasteiger partial charge in [-0.3, -0.25) is 31.9 Å². The predicted molar refractivity (Wildman–Crippen MR) is 345 cm³/mol. The van der Waals surface area contributed by atoms with E-state index in [1.54, 1.807) is 36.4 Å². The molecule has 1 amide bonds. The number of allylic oxidation sites excluding steroid dienone is 5. The van der Waals surface area contributed by atoms with Crippen LogP contribution in [0.25, 0.3) is 0 Å². The molecule has 0 bridgehead atoms. The first-order chi connectivity index (χ1) is 42.7. The van der Waals surface area contributed by atoms with Gasteiger partial charge in [-0.1, -0.05) is 223 Å². The highest BCUT2D eigenvalue weighted by Gasteiger charge is 2.39. The van der Waals surface area contributed by atoms with E-state index in [9.17, 15) is 0 Å². The molecule has 1 heterocycles. The Morgan fingerprint density at radius 3 is 1.17 bits per heavy atom. The van der Waals surface area contributed by atoms with E-state index in [4.69, 9.17) is 40.7 Å². The van der Waals surface area contributed by atoms with Gasteiger partial charge < -0.3 is 23.8 Å². The molecule has 1 aliphatic heterocycles. The van der Waals surface area contributed by atoms with E-state index >= 15 is 18.5 Å². The highest BCUT2D eigenvalue weighted by atomic mass is 31.2. The van der Waals surface area contributed by atoms with Crippen molar-refractivity contribution in [2.45, 2.75) is 93.0 Å². The number of hydrogen-bond acceptors (Lipinski definition) is 14. The van der Waals surface area contributed by atoms with Crippen LogP contribution in [-0.2, 0) is 80.5 Å². The van der Waals surface area contributed by atoms with Gasteiger partial charge in [-0.15, -0.1) is 0 Å². The third-order valence-electron chi connectivity index (χ3n) is 13.9. The number of para-hydroxylation sites is 1. The number of fused-ring (bicyclic) bond motifs is 2. The van der Waals surface area contributed by atoms with Gasteiger partial charge in [0.2, 0.25) is 0 Å². The fourth-order valence-corrected chi connectivity index (χ4v) is 12.6. The molecule has 456 valence electrons. The van der Waals surface area contributed by atoms with Crippen molar-refractivity contribution in [3.63, 3.8) is 0 Å². The molecule has 0 spiro atoms. The standard InChI is InChI=1S/C70H73N2O13P3/c1-54(2)26-23-27-55(3)28-24-29-56(4)44-45-72-65-46-63(83-86(74,77-48-57-30-11-5-12-31-57)78-49-58-32-13-6-14-33-58)47-67(85-88(76,81-52-61-38-19-9-20-39-61)82-53-62-40-21-10-22-41-62)69(65)71-68-64(70(72)73)42-25-43-66(68)84-87(75,79-50-59-34-15-7-16-35-59)80-51-60-36-17-8-18-37-60/h5-22,25-26,28,30-44,46-47,71H,23-24,27,29,45,48-53H2,1-4H3/b55-28+,56-44+. The number of carbonyl (C=O) groups excluding carboxylic acids is 1. The van der Waals surface area contributed by atoms with E-state index in [0.29, 0.717) is 39.8 Å². The summed E-state index contributed by atoms with van der Waals surface area (Å²) in [5, 5.41) is 3.39. The Bertz CT molecular complexity index is 3650. The summed E-state index contributed by atoms with van der Waals surface area (Å²) in [6.07, 6.45) is 9.75. The van der Waals surface area contributed by atoms with E-state index in [1.165, 1.54) is 34.2 Å². The summed E-state index contributed by atoms with van der Waals surface area (Å²) in [7, 11) is -14.0. The zero-order chi connectivity index (χ0) is 61.6. The number of phosphoric acid groups is 3. The number of nitrogens with one attached hydrogen (secondary N) is 1. The predicted octanol–water partition coefficient (Wildman–Crippen LogP) is 19.6. The van der Waals surface area contributed by atoms with Gasteiger partial charge in [0.1, 0.15) is 11.4 Å². The second-order valence-electron chi connectivity index (χ2n) is 21.2. The van der Waals surface area contributed by atoms with Crippen LogP contribution in [0, 0.1) is 0 Å². The van der Waals surface area contributed by atoms with Crippen molar-refractivity contribution in [3.05, 3.63) is 286 Å². The van der Waals surface area contributed by atoms with Crippen molar-refractivity contribution in [2.75, 3.05) is 16.8 Å². The van der Waals surface area contributed by atoms with Gasteiger partial charge in [0.05, 0.1) is 56.6 Å². The van der Waals surface area contributed by atoms with Crippen molar-refractivity contribution in [2.24, 2.45) is 0 Å². The topological polar surface area (TPSA) is 167 Å². The SMILES string of the molecule is CC(C)=CCC/C(C)=C/CC/C(C)=C/CN1C(=O)c2cccc(OP(=O)(OCc3ccccc3)OCc3ccccc3)c2Nc2c(OP(=O)(OCc3ccccc3)OCc3ccccc3)cc(OP(=O)(OCc3ccccc3)OCc3ccccc3)cc21. The van der Waals surface area contributed by atoms with Gasteiger partial charge >= 0.3 is 23.5 Å². The highest BCUT2D eigenvalue weighted by Crippen LogP contribution is 2.60. The average molecular weight is 1240 g/mol. The molecule has 1 aliphatic rings. The second-order valence-corrected chi connectivity index (χ2v) is 25.9. The van der Waals surface area contributed by atoms with Gasteiger partial charge in [-0.05, 0) is 98.9 Å². The Balaban J connectivity index is 1.18. The first-order valence-corrected chi connectivity index (χ1v) is 33.4. The van der Waals surface area contributed by atoms with Crippen molar-refractivity contribution in [3.8, 4) is 17.2 Å². The number of benzene rings is 8. The third kappa shape index (κ3) is 19.6. The van der Waals surface area contributed by atoms with Crippen LogP contribution in [0.3, 0.4) is 0 Å². The molecule has 0 atom stereocenters. The lowest BCUT2D eigenvalue weighted by Gasteiger charge is -2.26. The van der Waals surface area contributed by atoms with Crippen LogP contribution in [0.4, 0.5) is 17.1 Å². The first kappa shape index (κ1) is 64.6. The van der Waals surface area contributed by atoms with Crippen LogP contribution in [0.15, 0.2) is 247 Å². The summed E-state index contributed by atoms with van der Waals surface area (Å²) in [5.74, 6) is -1.11. The molecular formula is C70H73N2O13P3. The summed E-state index contributed by atoms with van der Waals surface area (Å²) in [5.41, 5.74) is 7.81. The fraction of sp³-hybridized carbons (Fsp3) is 0.214. The van der Waals surface area contributed by atoms with Gasteiger partial charge in [0.25, 0.3) is 5.91 Å². The van der Waals surface area contributed by atoms with E-state index in [0.717, 1.165) is 24.8 Å². The molecule has 0 fully saturated rings. The minimum atomic E-state index is -4.78. The Morgan fingerprint density at radius 1 is 0.409 bits per heavy atom. The maximum absolute atomic E-state index is 15.8. The number of phosphoric ester groups is 3. The number of anilines is 3. The van der Waals surface area contributed by atoms with Crippen molar-refractivity contribution >= 4 is 46.4 Å². The van der Waals surface area contributed by atoms with Crippen molar-refractivity contribution in [1.82, 2.24) is 0 Å². The molecule has 18 heteroatoms. The minimum absolute atomic E-state index is 0.0179. The molecule has 88 heavy (non-hydrogen) atoms. The molecule has 8 aromatic carbocycles. The molecule has 15 nitrogen and oxygen atoms in total.